The Hall–Kier alpha value is -1.21. The van der Waals surface area contributed by atoms with Crippen LogP contribution in [0.1, 0.15) is 32.6 Å². The Morgan fingerprint density at radius 1 is 1.29 bits per heavy atom. The number of thiocarbonyl (C=S) groups is 1. The molecule has 0 saturated carbocycles. The number of hydrogen-bond donors (Lipinski definition) is 2. The van der Waals surface area contributed by atoms with E-state index in [1.165, 1.54) is 0 Å². The zero-order valence-electron chi connectivity index (χ0n) is 12.4. The van der Waals surface area contributed by atoms with Gasteiger partial charge in [0.15, 0.2) is 0 Å². The third kappa shape index (κ3) is 3.35. The molecule has 2 aliphatic rings. The molecule has 0 aliphatic carbocycles. The van der Waals surface area contributed by atoms with Crippen molar-refractivity contribution in [2.75, 3.05) is 26.3 Å². The van der Waals surface area contributed by atoms with Crippen LogP contribution >= 0.6 is 12.2 Å². The Kier molecular flexibility index (Phi) is 5.16. The summed E-state index contributed by atoms with van der Waals surface area (Å²) >= 11 is 5.10. The molecule has 2 heterocycles. The SMILES string of the molecule is CC(NC(=O)C1(C(N)=S)CCOCC1)C(=O)N1CCCC1. The minimum Gasteiger partial charge on any atom is -0.392 e. The van der Waals surface area contributed by atoms with Crippen LogP contribution in [0.25, 0.3) is 0 Å². The average molecular weight is 313 g/mol. The van der Waals surface area contributed by atoms with Gasteiger partial charge < -0.3 is 20.7 Å². The fourth-order valence-corrected chi connectivity index (χ4v) is 3.21. The van der Waals surface area contributed by atoms with E-state index in [0.29, 0.717) is 26.1 Å². The molecule has 2 saturated heterocycles. The summed E-state index contributed by atoms with van der Waals surface area (Å²) in [6.45, 7) is 4.17. The predicted molar refractivity (Wildman–Crippen MR) is 82.7 cm³/mol. The van der Waals surface area contributed by atoms with E-state index in [0.717, 1.165) is 25.9 Å². The van der Waals surface area contributed by atoms with Crippen LogP contribution in [-0.2, 0) is 14.3 Å². The lowest BCUT2D eigenvalue weighted by Gasteiger charge is -2.35. The maximum Gasteiger partial charge on any atom is 0.244 e. The lowest BCUT2D eigenvalue weighted by atomic mass is 9.79. The third-order valence-corrected chi connectivity index (χ3v) is 4.78. The second kappa shape index (κ2) is 6.70. The second-order valence-electron chi connectivity index (χ2n) is 5.79. The van der Waals surface area contributed by atoms with Crippen molar-refractivity contribution < 1.29 is 14.3 Å². The number of ether oxygens (including phenoxy) is 1. The lowest BCUT2D eigenvalue weighted by molar-refractivity contribution is -0.138. The molecule has 0 bridgehead atoms. The molecule has 2 rings (SSSR count). The normalized spacial score (nSPS) is 22.6. The first kappa shape index (κ1) is 16.2. The van der Waals surface area contributed by atoms with Gasteiger partial charge in [-0.15, -0.1) is 0 Å². The van der Waals surface area contributed by atoms with Gasteiger partial charge >= 0.3 is 0 Å². The van der Waals surface area contributed by atoms with Crippen molar-refractivity contribution in [3.05, 3.63) is 0 Å². The zero-order valence-corrected chi connectivity index (χ0v) is 13.2. The number of amides is 2. The van der Waals surface area contributed by atoms with E-state index < -0.39 is 11.5 Å². The van der Waals surface area contributed by atoms with Gasteiger partial charge in [0.2, 0.25) is 11.8 Å². The van der Waals surface area contributed by atoms with Crippen molar-refractivity contribution in [2.45, 2.75) is 38.6 Å². The van der Waals surface area contributed by atoms with Gasteiger partial charge in [0.25, 0.3) is 0 Å². The summed E-state index contributed by atoms with van der Waals surface area (Å²) in [4.78, 5) is 26.8. The fourth-order valence-electron chi connectivity index (χ4n) is 2.91. The number of likely N-dealkylation sites (tertiary alicyclic amines) is 1. The maximum atomic E-state index is 12.6. The number of carbonyl (C=O) groups is 2. The van der Waals surface area contributed by atoms with Crippen molar-refractivity contribution in [2.24, 2.45) is 11.1 Å². The summed E-state index contributed by atoms with van der Waals surface area (Å²) in [7, 11) is 0. The molecule has 0 aromatic rings. The summed E-state index contributed by atoms with van der Waals surface area (Å²) in [6.07, 6.45) is 3.00. The first-order chi connectivity index (χ1) is 9.97. The summed E-state index contributed by atoms with van der Waals surface area (Å²) in [5.41, 5.74) is 4.91. The molecule has 0 radical (unpaired) electrons. The van der Waals surface area contributed by atoms with Gasteiger partial charge in [-0.1, -0.05) is 12.2 Å². The number of rotatable bonds is 4. The Morgan fingerprint density at radius 3 is 2.38 bits per heavy atom. The number of carbonyl (C=O) groups excluding carboxylic acids is 2. The van der Waals surface area contributed by atoms with E-state index >= 15 is 0 Å². The lowest BCUT2D eigenvalue weighted by Crippen LogP contribution is -2.56. The van der Waals surface area contributed by atoms with E-state index in [1.807, 2.05) is 0 Å². The molecule has 3 N–H and O–H groups in total. The smallest absolute Gasteiger partial charge is 0.244 e. The molecular weight excluding hydrogens is 290 g/mol. The van der Waals surface area contributed by atoms with Gasteiger partial charge in [-0.3, -0.25) is 9.59 Å². The first-order valence-electron chi connectivity index (χ1n) is 7.45. The molecule has 2 aliphatic heterocycles. The molecular formula is C14H23N3O3S. The minimum atomic E-state index is -0.882. The summed E-state index contributed by atoms with van der Waals surface area (Å²) in [5.74, 6) is -0.288. The van der Waals surface area contributed by atoms with Crippen LogP contribution in [0.2, 0.25) is 0 Å². The largest absolute Gasteiger partial charge is 0.392 e. The van der Waals surface area contributed by atoms with E-state index in [1.54, 1.807) is 11.8 Å². The van der Waals surface area contributed by atoms with Crippen molar-refractivity contribution in [1.29, 1.82) is 0 Å². The quantitative estimate of drug-likeness (QED) is 0.724. The highest BCUT2D eigenvalue weighted by Gasteiger charge is 2.44. The molecule has 1 unspecified atom stereocenters. The number of nitrogens with two attached hydrogens (primary N) is 1. The van der Waals surface area contributed by atoms with Crippen LogP contribution in [-0.4, -0.2) is 54.0 Å². The maximum absolute atomic E-state index is 12.6. The van der Waals surface area contributed by atoms with Crippen LogP contribution in [0.4, 0.5) is 0 Å². The molecule has 0 aromatic carbocycles. The highest BCUT2D eigenvalue weighted by Crippen LogP contribution is 2.31. The van der Waals surface area contributed by atoms with Gasteiger partial charge in [0, 0.05) is 26.3 Å². The Morgan fingerprint density at radius 2 is 1.86 bits per heavy atom. The van der Waals surface area contributed by atoms with Crippen molar-refractivity contribution in [3.8, 4) is 0 Å². The third-order valence-electron chi connectivity index (χ3n) is 4.39. The zero-order chi connectivity index (χ0) is 15.5. The van der Waals surface area contributed by atoms with Crippen LogP contribution in [0.5, 0.6) is 0 Å². The first-order valence-corrected chi connectivity index (χ1v) is 7.85. The topological polar surface area (TPSA) is 84.7 Å². The standard InChI is InChI=1S/C14H23N3O3S/c1-10(11(18)17-6-2-3-7-17)16-13(19)14(12(15)21)4-8-20-9-5-14/h10H,2-9H2,1H3,(H2,15,21)(H,16,19). The van der Waals surface area contributed by atoms with Gasteiger partial charge in [-0.2, -0.15) is 0 Å². The van der Waals surface area contributed by atoms with Crippen LogP contribution in [0, 0.1) is 5.41 Å². The van der Waals surface area contributed by atoms with Crippen LogP contribution in [0.3, 0.4) is 0 Å². The molecule has 118 valence electrons. The van der Waals surface area contributed by atoms with Gasteiger partial charge in [-0.05, 0) is 32.6 Å². The molecule has 0 spiro atoms. The predicted octanol–water partition coefficient (Wildman–Crippen LogP) is 0.196. The molecule has 0 aromatic heterocycles. The van der Waals surface area contributed by atoms with Gasteiger partial charge in [0.05, 0.1) is 4.99 Å². The Balaban J connectivity index is 2.01. The summed E-state index contributed by atoms with van der Waals surface area (Å²) < 4.78 is 5.29. The highest BCUT2D eigenvalue weighted by molar-refractivity contribution is 7.80. The van der Waals surface area contributed by atoms with Crippen molar-refractivity contribution in [3.63, 3.8) is 0 Å². The summed E-state index contributed by atoms with van der Waals surface area (Å²) in [6, 6.07) is -0.551. The Labute approximate surface area is 130 Å². The number of nitrogens with one attached hydrogen (secondary N) is 1. The number of hydrogen-bond acceptors (Lipinski definition) is 4. The molecule has 1 atom stereocenters. The Bertz CT molecular complexity index is 429. The highest BCUT2D eigenvalue weighted by atomic mass is 32.1. The molecule has 2 amide bonds. The van der Waals surface area contributed by atoms with Crippen molar-refractivity contribution >= 4 is 29.0 Å². The van der Waals surface area contributed by atoms with Gasteiger partial charge in [-0.25, -0.2) is 0 Å². The van der Waals surface area contributed by atoms with E-state index in [-0.39, 0.29) is 16.8 Å². The molecule has 6 nitrogen and oxygen atoms in total. The minimum absolute atomic E-state index is 0.0361. The summed E-state index contributed by atoms with van der Waals surface area (Å²) in [5, 5.41) is 2.80. The second-order valence-corrected chi connectivity index (χ2v) is 6.23. The molecule has 21 heavy (non-hydrogen) atoms. The van der Waals surface area contributed by atoms with E-state index in [9.17, 15) is 9.59 Å². The average Bonchev–Trinajstić information content (AvgIpc) is 3.00. The van der Waals surface area contributed by atoms with Crippen molar-refractivity contribution in [1.82, 2.24) is 10.2 Å². The van der Waals surface area contributed by atoms with Crippen LogP contribution in [0.15, 0.2) is 0 Å². The van der Waals surface area contributed by atoms with E-state index in [4.69, 9.17) is 22.7 Å². The van der Waals surface area contributed by atoms with Crippen LogP contribution < -0.4 is 11.1 Å². The monoisotopic (exact) mass is 313 g/mol. The van der Waals surface area contributed by atoms with Gasteiger partial charge in [0.1, 0.15) is 11.5 Å². The number of nitrogens with zero attached hydrogens (tertiary/aromatic N) is 1. The molecule has 7 heteroatoms. The van der Waals surface area contributed by atoms with E-state index in [2.05, 4.69) is 5.32 Å². The molecule has 2 fully saturated rings. The fraction of sp³-hybridized carbons (Fsp3) is 0.786.